The molecule has 158 valence electrons. The van der Waals surface area contributed by atoms with Gasteiger partial charge in [-0.15, -0.1) is 10.2 Å². The average Bonchev–Trinajstić information content (AvgIpc) is 3.45. The molecule has 2 aromatic carbocycles. The summed E-state index contributed by atoms with van der Waals surface area (Å²) in [6.45, 7) is 6.87. The van der Waals surface area contributed by atoms with Crippen LogP contribution >= 0.6 is 0 Å². The van der Waals surface area contributed by atoms with Gasteiger partial charge < -0.3 is 4.42 Å². The number of benzene rings is 2. The molecule has 0 N–H and O–H groups in total. The van der Waals surface area contributed by atoms with Gasteiger partial charge in [0.1, 0.15) is 11.4 Å². The number of aromatic nitrogens is 5. The lowest BCUT2D eigenvalue weighted by Crippen LogP contribution is -1.98. The van der Waals surface area contributed by atoms with E-state index in [-0.39, 0.29) is 5.92 Å². The van der Waals surface area contributed by atoms with E-state index in [1.807, 2.05) is 39.0 Å². The Labute approximate surface area is 182 Å². The first kappa shape index (κ1) is 20.7. The number of hydrogen-bond acceptors (Lipinski definition) is 5. The molecule has 6 heteroatoms. The molecule has 0 amide bonds. The predicted molar refractivity (Wildman–Crippen MR) is 122 cm³/mol. The monoisotopic (exact) mass is 413 g/mol. The highest BCUT2D eigenvalue weighted by Crippen LogP contribution is 2.29. The fourth-order valence-electron chi connectivity index (χ4n) is 3.29. The summed E-state index contributed by atoms with van der Waals surface area (Å²) in [5.41, 5.74) is 5.05. The van der Waals surface area contributed by atoms with Crippen LogP contribution in [0.1, 0.15) is 50.5 Å². The minimum Gasteiger partial charge on any atom is -0.425 e. The maximum atomic E-state index is 5.67. The molecular formula is C25H27N5O. The Morgan fingerprint density at radius 3 is 2.39 bits per heavy atom. The highest BCUT2D eigenvalue weighted by atomic mass is 16.4. The van der Waals surface area contributed by atoms with Crippen molar-refractivity contribution in [2.24, 2.45) is 0 Å². The van der Waals surface area contributed by atoms with E-state index >= 15 is 0 Å². The van der Waals surface area contributed by atoms with E-state index in [0.29, 0.717) is 11.8 Å². The summed E-state index contributed by atoms with van der Waals surface area (Å²) in [5, 5.41) is 17.6. The van der Waals surface area contributed by atoms with Gasteiger partial charge in [0.25, 0.3) is 0 Å². The fraction of sp³-hybridized carbons (Fsp3) is 0.280. The van der Waals surface area contributed by atoms with Crippen molar-refractivity contribution in [3.05, 3.63) is 78.0 Å². The molecular weight excluding hydrogens is 386 g/mol. The first-order valence-corrected chi connectivity index (χ1v) is 10.7. The second kappa shape index (κ2) is 9.51. The summed E-state index contributed by atoms with van der Waals surface area (Å²) in [6.07, 6.45) is 5.83. The van der Waals surface area contributed by atoms with Gasteiger partial charge in [-0.2, -0.15) is 15.0 Å². The molecule has 2 aromatic heterocycles. The van der Waals surface area contributed by atoms with E-state index in [4.69, 9.17) is 14.6 Å². The van der Waals surface area contributed by atoms with Gasteiger partial charge in [-0.05, 0) is 25.0 Å². The largest absolute Gasteiger partial charge is 0.425 e. The number of nitrogens with zero attached hydrogens (tertiary/aromatic N) is 5. The molecule has 4 rings (SSSR count). The van der Waals surface area contributed by atoms with Crippen LogP contribution in [0.2, 0.25) is 0 Å². The Balaban J connectivity index is 1.51. The van der Waals surface area contributed by atoms with Gasteiger partial charge in [0, 0.05) is 23.5 Å². The molecule has 2 heterocycles. The van der Waals surface area contributed by atoms with Gasteiger partial charge in [0.05, 0.1) is 6.54 Å². The van der Waals surface area contributed by atoms with Crippen molar-refractivity contribution in [3.63, 3.8) is 0 Å². The lowest BCUT2D eigenvalue weighted by Gasteiger charge is -2.03. The average molecular weight is 414 g/mol. The number of aryl methyl sites for hydroxylation is 2. The minimum absolute atomic E-state index is 0.256. The van der Waals surface area contributed by atoms with Crippen molar-refractivity contribution in [2.75, 3.05) is 0 Å². The van der Waals surface area contributed by atoms with E-state index < -0.39 is 0 Å². The van der Waals surface area contributed by atoms with Crippen molar-refractivity contribution < 1.29 is 4.42 Å². The van der Waals surface area contributed by atoms with E-state index in [1.54, 1.807) is 4.80 Å². The molecule has 0 bridgehead atoms. The molecule has 0 fully saturated rings. The molecule has 0 spiro atoms. The summed E-state index contributed by atoms with van der Waals surface area (Å²) >= 11 is 0. The normalized spacial score (nSPS) is 11.6. The van der Waals surface area contributed by atoms with Crippen LogP contribution in [0.5, 0.6) is 0 Å². The van der Waals surface area contributed by atoms with Crippen LogP contribution in [0, 0.1) is 0 Å². The molecule has 0 saturated carbocycles. The second-order valence-corrected chi connectivity index (χ2v) is 7.71. The molecule has 4 aromatic rings. The zero-order valence-electron chi connectivity index (χ0n) is 18.2. The molecule has 0 radical (unpaired) electrons. The Morgan fingerprint density at radius 2 is 1.68 bits per heavy atom. The highest BCUT2D eigenvalue weighted by molar-refractivity contribution is 5.78. The van der Waals surface area contributed by atoms with Crippen LogP contribution in [0.3, 0.4) is 0 Å². The third-order valence-corrected chi connectivity index (χ3v) is 4.96. The first-order valence-electron chi connectivity index (χ1n) is 10.7. The zero-order chi connectivity index (χ0) is 21.6. The Kier molecular flexibility index (Phi) is 6.36. The molecule has 0 aliphatic carbocycles. The second-order valence-electron chi connectivity index (χ2n) is 7.71. The van der Waals surface area contributed by atoms with E-state index in [2.05, 4.69) is 58.7 Å². The maximum absolute atomic E-state index is 5.67. The standard InChI is InChI=1S/C25H27N5O/c1-4-30-28-23(20-13-6-5-7-14-20)24(29-30)21-15-10-12-19(17-21)11-8-9-16-22-26-27-25(31-22)18(2)3/h5-8,10-15,17-18H,4,9,16H2,1-3H3/b11-8+. The number of allylic oxidation sites excluding steroid dienone is 1. The molecule has 0 aliphatic rings. The number of rotatable bonds is 8. The van der Waals surface area contributed by atoms with E-state index in [9.17, 15) is 0 Å². The zero-order valence-corrected chi connectivity index (χ0v) is 18.2. The Hall–Kier alpha value is -3.54. The van der Waals surface area contributed by atoms with Gasteiger partial charge in [-0.25, -0.2) is 0 Å². The van der Waals surface area contributed by atoms with Crippen LogP contribution < -0.4 is 0 Å². The van der Waals surface area contributed by atoms with Crippen molar-refractivity contribution in [2.45, 2.75) is 46.1 Å². The van der Waals surface area contributed by atoms with Gasteiger partial charge in [-0.1, -0.05) is 74.5 Å². The predicted octanol–water partition coefficient (Wildman–Crippen LogP) is 5.78. The van der Waals surface area contributed by atoms with Crippen LogP contribution in [0.4, 0.5) is 0 Å². The summed E-state index contributed by atoms with van der Waals surface area (Å²) in [7, 11) is 0. The van der Waals surface area contributed by atoms with Gasteiger partial charge in [0.2, 0.25) is 11.8 Å². The molecule has 0 saturated heterocycles. The number of hydrogen-bond donors (Lipinski definition) is 0. The van der Waals surface area contributed by atoms with Crippen LogP contribution in [-0.2, 0) is 13.0 Å². The summed E-state index contributed by atoms with van der Waals surface area (Å²) < 4.78 is 5.67. The molecule has 31 heavy (non-hydrogen) atoms. The van der Waals surface area contributed by atoms with E-state index in [0.717, 1.165) is 47.5 Å². The van der Waals surface area contributed by atoms with Crippen LogP contribution in [0.25, 0.3) is 28.6 Å². The van der Waals surface area contributed by atoms with Crippen molar-refractivity contribution in [1.82, 2.24) is 25.2 Å². The SMILES string of the molecule is CCn1nc(-c2ccccc2)c(-c2cccc(/C=C/CCc3nnc(C(C)C)o3)c2)n1. The van der Waals surface area contributed by atoms with Gasteiger partial charge in [-0.3, -0.25) is 0 Å². The lowest BCUT2D eigenvalue weighted by molar-refractivity contribution is 0.432. The Bertz CT molecular complexity index is 1160. The molecule has 6 nitrogen and oxygen atoms in total. The van der Waals surface area contributed by atoms with Crippen molar-refractivity contribution in [1.29, 1.82) is 0 Å². The smallest absolute Gasteiger partial charge is 0.219 e. The highest BCUT2D eigenvalue weighted by Gasteiger charge is 2.14. The Morgan fingerprint density at radius 1 is 0.935 bits per heavy atom. The summed E-state index contributed by atoms with van der Waals surface area (Å²) in [6, 6.07) is 18.6. The maximum Gasteiger partial charge on any atom is 0.219 e. The van der Waals surface area contributed by atoms with Gasteiger partial charge in [0.15, 0.2) is 0 Å². The topological polar surface area (TPSA) is 69.6 Å². The van der Waals surface area contributed by atoms with Crippen molar-refractivity contribution in [3.8, 4) is 22.5 Å². The quantitative estimate of drug-likeness (QED) is 0.366. The lowest BCUT2D eigenvalue weighted by atomic mass is 10.0. The molecule has 0 atom stereocenters. The first-order chi connectivity index (χ1) is 15.1. The molecule has 0 aliphatic heterocycles. The summed E-state index contributed by atoms with van der Waals surface area (Å²) in [4.78, 5) is 1.75. The van der Waals surface area contributed by atoms with Crippen LogP contribution in [-0.4, -0.2) is 25.2 Å². The van der Waals surface area contributed by atoms with E-state index in [1.165, 1.54) is 0 Å². The van der Waals surface area contributed by atoms with Gasteiger partial charge >= 0.3 is 0 Å². The van der Waals surface area contributed by atoms with Crippen LogP contribution in [0.15, 0.2) is 65.1 Å². The molecule has 0 unspecified atom stereocenters. The summed E-state index contributed by atoms with van der Waals surface area (Å²) in [5.74, 6) is 1.64. The third-order valence-electron chi connectivity index (χ3n) is 4.96. The fourth-order valence-corrected chi connectivity index (χ4v) is 3.29. The van der Waals surface area contributed by atoms with Crippen molar-refractivity contribution >= 4 is 6.08 Å². The third kappa shape index (κ3) is 4.97. The minimum atomic E-state index is 0.256.